The smallest absolute Gasteiger partial charge is 0.321 e. The van der Waals surface area contributed by atoms with Crippen LogP contribution in [0.4, 0.5) is 4.79 Å². The van der Waals surface area contributed by atoms with E-state index < -0.39 is 0 Å². The van der Waals surface area contributed by atoms with Crippen LogP contribution in [-0.2, 0) is 11.3 Å². The third-order valence-electron chi connectivity index (χ3n) is 8.76. The lowest BCUT2D eigenvalue weighted by Gasteiger charge is -2.39. The zero-order valence-electron chi connectivity index (χ0n) is 25.3. The number of benzene rings is 1. The fourth-order valence-electron chi connectivity index (χ4n) is 6.27. The standard InChI is InChI=1S/C34H43N5O4/c1-5-6-7-24(2)31-23-38(28-16-20-42-21-17-28)34(41)39(31)29-14-18-37(19-15-29)22-27-10-13-32(36-25(27)3)43-30-11-8-26(9-12-30)33(40)35-4/h5-13,28-29,31H,1-2,14-23H2,3-4H3,(H,35,40)/b7-6-. The number of rotatable bonds is 10. The molecule has 3 fully saturated rings. The van der Waals surface area contributed by atoms with Crippen LogP contribution < -0.4 is 10.1 Å². The van der Waals surface area contributed by atoms with Gasteiger partial charge in [0.1, 0.15) is 5.75 Å². The number of likely N-dealkylation sites (tertiary alicyclic amines) is 1. The molecule has 1 N–H and O–H groups in total. The van der Waals surface area contributed by atoms with Crippen molar-refractivity contribution in [1.82, 2.24) is 25.0 Å². The summed E-state index contributed by atoms with van der Waals surface area (Å²) in [6, 6.07) is 11.5. The molecule has 3 aliphatic rings. The van der Waals surface area contributed by atoms with Gasteiger partial charge in [0.25, 0.3) is 5.91 Å². The van der Waals surface area contributed by atoms with E-state index in [2.05, 4.69) is 44.2 Å². The van der Waals surface area contributed by atoms with Gasteiger partial charge in [-0.25, -0.2) is 9.78 Å². The number of nitrogens with one attached hydrogen (secondary N) is 1. The van der Waals surface area contributed by atoms with Crippen LogP contribution in [0.25, 0.3) is 0 Å². The highest BCUT2D eigenvalue weighted by Crippen LogP contribution is 2.33. The van der Waals surface area contributed by atoms with Crippen molar-refractivity contribution < 1.29 is 19.1 Å². The van der Waals surface area contributed by atoms with Crippen LogP contribution in [0.15, 0.2) is 73.4 Å². The molecule has 9 heteroatoms. The van der Waals surface area contributed by atoms with Crippen LogP contribution in [0.5, 0.6) is 11.6 Å². The Bertz CT molecular complexity index is 1340. The van der Waals surface area contributed by atoms with E-state index in [4.69, 9.17) is 9.47 Å². The van der Waals surface area contributed by atoms with Gasteiger partial charge in [0.05, 0.1) is 6.04 Å². The zero-order valence-corrected chi connectivity index (χ0v) is 25.3. The van der Waals surface area contributed by atoms with Gasteiger partial charge in [0, 0.05) is 75.8 Å². The number of nitrogens with zero attached hydrogens (tertiary/aromatic N) is 4. The molecule has 0 bridgehead atoms. The summed E-state index contributed by atoms with van der Waals surface area (Å²) in [5, 5.41) is 2.61. The molecule has 1 atom stereocenters. The molecule has 1 unspecified atom stereocenters. The second-order valence-electron chi connectivity index (χ2n) is 11.5. The molecule has 3 aliphatic heterocycles. The number of ether oxygens (including phenoxy) is 2. The van der Waals surface area contributed by atoms with Gasteiger partial charge in [-0.2, -0.15) is 0 Å². The fraction of sp³-hybridized carbons (Fsp3) is 0.441. The normalized spacial score (nSPS) is 20.5. The molecule has 9 nitrogen and oxygen atoms in total. The number of amides is 3. The molecule has 228 valence electrons. The van der Waals surface area contributed by atoms with Gasteiger partial charge in [0.2, 0.25) is 5.88 Å². The Kier molecular flexibility index (Phi) is 9.94. The lowest BCUT2D eigenvalue weighted by atomic mass is 9.99. The van der Waals surface area contributed by atoms with Gasteiger partial charge in [-0.05, 0) is 68.0 Å². The van der Waals surface area contributed by atoms with Crippen molar-refractivity contribution in [3.05, 3.63) is 90.2 Å². The maximum absolute atomic E-state index is 13.8. The second kappa shape index (κ2) is 14.0. The first-order valence-electron chi connectivity index (χ1n) is 15.2. The molecule has 2 aromatic rings. The van der Waals surface area contributed by atoms with Crippen LogP contribution >= 0.6 is 0 Å². The summed E-state index contributed by atoms with van der Waals surface area (Å²) >= 11 is 0. The van der Waals surface area contributed by atoms with Gasteiger partial charge < -0.3 is 24.6 Å². The monoisotopic (exact) mass is 585 g/mol. The Labute approximate surface area is 254 Å². The zero-order chi connectivity index (χ0) is 30.3. The Morgan fingerprint density at radius 1 is 1.09 bits per heavy atom. The summed E-state index contributed by atoms with van der Waals surface area (Å²) in [4.78, 5) is 36.9. The fourth-order valence-corrected chi connectivity index (χ4v) is 6.27. The summed E-state index contributed by atoms with van der Waals surface area (Å²) in [6.45, 7) is 14.8. The largest absolute Gasteiger partial charge is 0.439 e. The van der Waals surface area contributed by atoms with Crippen molar-refractivity contribution in [3.8, 4) is 11.6 Å². The molecule has 0 radical (unpaired) electrons. The number of piperidine rings is 1. The van der Waals surface area contributed by atoms with E-state index >= 15 is 0 Å². The lowest BCUT2D eigenvalue weighted by molar-refractivity contribution is 0.0493. The summed E-state index contributed by atoms with van der Waals surface area (Å²) in [5.41, 5.74) is 3.61. The third kappa shape index (κ3) is 7.17. The quantitative estimate of drug-likeness (QED) is 0.391. The predicted molar refractivity (Wildman–Crippen MR) is 167 cm³/mol. The molecule has 3 amide bonds. The van der Waals surface area contributed by atoms with Crippen LogP contribution in [0, 0.1) is 6.92 Å². The number of hydrogen-bond acceptors (Lipinski definition) is 6. The van der Waals surface area contributed by atoms with Gasteiger partial charge in [-0.1, -0.05) is 37.5 Å². The first kappa shape index (κ1) is 30.5. The second-order valence-corrected chi connectivity index (χ2v) is 11.5. The minimum atomic E-state index is -0.135. The van der Waals surface area contributed by atoms with E-state index in [1.165, 1.54) is 0 Å². The molecule has 3 saturated heterocycles. The maximum atomic E-state index is 13.8. The number of urea groups is 1. The SMILES string of the molecule is C=C/C=C\C(=C)C1CN(C2CCOCC2)C(=O)N1C1CCN(Cc2ccc(Oc3ccc(C(=O)NC)cc3)nc2C)CC1. The summed E-state index contributed by atoms with van der Waals surface area (Å²) in [5.74, 6) is 1.01. The Balaban J connectivity index is 1.19. The minimum Gasteiger partial charge on any atom is -0.439 e. The maximum Gasteiger partial charge on any atom is 0.321 e. The predicted octanol–water partition coefficient (Wildman–Crippen LogP) is 5.09. The minimum absolute atomic E-state index is 0.0258. The first-order chi connectivity index (χ1) is 20.9. The molecule has 4 heterocycles. The Morgan fingerprint density at radius 2 is 1.81 bits per heavy atom. The van der Waals surface area contributed by atoms with Crippen LogP contribution in [0.1, 0.15) is 47.3 Å². The number of carbonyl (C=O) groups is 2. The summed E-state index contributed by atoms with van der Waals surface area (Å²) < 4.78 is 11.5. The highest BCUT2D eigenvalue weighted by molar-refractivity contribution is 5.94. The molecule has 1 aromatic carbocycles. The third-order valence-corrected chi connectivity index (χ3v) is 8.76. The number of aryl methyl sites for hydroxylation is 1. The Hall–Kier alpha value is -3.95. The average Bonchev–Trinajstić information content (AvgIpc) is 3.38. The van der Waals surface area contributed by atoms with E-state index in [0.717, 1.165) is 62.1 Å². The van der Waals surface area contributed by atoms with E-state index in [1.54, 1.807) is 37.4 Å². The topological polar surface area (TPSA) is 87.2 Å². The van der Waals surface area contributed by atoms with Crippen molar-refractivity contribution in [2.24, 2.45) is 0 Å². The van der Waals surface area contributed by atoms with Crippen LogP contribution in [-0.4, -0.2) is 89.6 Å². The van der Waals surface area contributed by atoms with Crippen molar-refractivity contribution >= 4 is 11.9 Å². The van der Waals surface area contributed by atoms with E-state index in [-0.39, 0.29) is 30.1 Å². The molecule has 43 heavy (non-hydrogen) atoms. The molecule has 1 aromatic heterocycles. The highest BCUT2D eigenvalue weighted by Gasteiger charge is 2.45. The lowest BCUT2D eigenvalue weighted by Crippen LogP contribution is -2.50. The molecule has 5 rings (SSSR count). The molecule has 0 aliphatic carbocycles. The van der Waals surface area contributed by atoms with Crippen molar-refractivity contribution in [2.75, 3.05) is 39.9 Å². The summed E-state index contributed by atoms with van der Waals surface area (Å²) in [6.07, 6.45) is 9.26. The van der Waals surface area contributed by atoms with Crippen LogP contribution in [0.3, 0.4) is 0 Å². The number of pyridine rings is 1. The van der Waals surface area contributed by atoms with Gasteiger partial charge >= 0.3 is 6.03 Å². The van der Waals surface area contributed by atoms with Crippen molar-refractivity contribution in [2.45, 2.75) is 57.3 Å². The van der Waals surface area contributed by atoms with Gasteiger partial charge in [-0.15, -0.1) is 0 Å². The number of hydrogen-bond donors (Lipinski definition) is 1. The Morgan fingerprint density at radius 3 is 2.47 bits per heavy atom. The van der Waals surface area contributed by atoms with Gasteiger partial charge in [0.15, 0.2) is 0 Å². The molecule has 0 saturated carbocycles. The van der Waals surface area contributed by atoms with Gasteiger partial charge in [-0.3, -0.25) is 9.69 Å². The van der Waals surface area contributed by atoms with Crippen molar-refractivity contribution in [3.63, 3.8) is 0 Å². The van der Waals surface area contributed by atoms with Crippen molar-refractivity contribution in [1.29, 1.82) is 0 Å². The van der Waals surface area contributed by atoms with E-state index in [9.17, 15) is 9.59 Å². The van der Waals surface area contributed by atoms with E-state index in [1.807, 2.05) is 25.1 Å². The molecular formula is C34H43N5O4. The molecular weight excluding hydrogens is 542 g/mol. The highest BCUT2D eigenvalue weighted by atomic mass is 16.5. The number of carbonyl (C=O) groups excluding carboxylic acids is 2. The van der Waals surface area contributed by atoms with E-state index in [0.29, 0.717) is 37.0 Å². The average molecular weight is 586 g/mol. The summed E-state index contributed by atoms with van der Waals surface area (Å²) in [7, 11) is 1.61. The van der Waals surface area contributed by atoms with Crippen LogP contribution in [0.2, 0.25) is 0 Å². The first-order valence-corrected chi connectivity index (χ1v) is 15.2. The number of aromatic nitrogens is 1. The number of allylic oxidation sites excluding steroid dienone is 2. The molecule has 0 spiro atoms.